The van der Waals surface area contributed by atoms with E-state index in [0.29, 0.717) is 12.1 Å². The Morgan fingerprint density at radius 2 is 1.76 bits per heavy atom. The van der Waals surface area contributed by atoms with Crippen LogP contribution in [0.5, 0.6) is 0 Å². The van der Waals surface area contributed by atoms with E-state index in [1.165, 1.54) is 12.1 Å². The van der Waals surface area contributed by atoms with Gasteiger partial charge in [0.15, 0.2) is 0 Å². The van der Waals surface area contributed by atoms with E-state index in [9.17, 15) is 17.6 Å². The Kier molecular flexibility index (Phi) is 6.01. The van der Waals surface area contributed by atoms with Gasteiger partial charge in [-0.15, -0.1) is 0 Å². The Bertz CT molecular complexity index is 455. The molecule has 0 aromatic heterocycles. The van der Waals surface area contributed by atoms with E-state index in [1.807, 2.05) is 13.8 Å². The Morgan fingerprint density at radius 3 is 2.19 bits per heavy atom. The molecule has 0 amide bonds. The van der Waals surface area contributed by atoms with Gasteiger partial charge < -0.3 is 10.2 Å². The van der Waals surface area contributed by atoms with Crippen LogP contribution in [0, 0.1) is 5.82 Å². The van der Waals surface area contributed by atoms with Crippen LogP contribution in [0.2, 0.25) is 0 Å². The molecule has 1 aromatic rings. The molecular formula is C15H22F4N2. The number of nitrogens with zero attached hydrogens (tertiary/aromatic N) is 1. The van der Waals surface area contributed by atoms with Crippen molar-refractivity contribution in [3.05, 3.63) is 29.6 Å². The van der Waals surface area contributed by atoms with E-state index in [0.717, 1.165) is 4.90 Å². The van der Waals surface area contributed by atoms with Gasteiger partial charge in [-0.1, -0.05) is 19.9 Å². The minimum Gasteiger partial charge on any atom is -0.358 e. The van der Waals surface area contributed by atoms with Gasteiger partial charge in [-0.3, -0.25) is 0 Å². The van der Waals surface area contributed by atoms with E-state index in [-0.39, 0.29) is 11.7 Å². The van der Waals surface area contributed by atoms with Gasteiger partial charge in [0.2, 0.25) is 0 Å². The molecule has 6 heteroatoms. The smallest absolute Gasteiger partial charge is 0.358 e. The van der Waals surface area contributed by atoms with Crippen molar-refractivity contribution in [3.63, 3.8) is 0 Å². The van der Waals surface area contributed by atoms with Crippen molar-refractivity contribution < 1.29 is 17.6 Å². The molecular weight excluding hydrogens is 284 g/mol. The third kappa shape index (κ3) is 5.91. The first-order valence-electron chi connectivity index (χ1n) is 6.95. The predicted octanol–water partition coefficient (Wildman–Crippen LogP) is 4.10. The molecule has 1 N–H and O–H groups in total. The van der Waals surface area contributed by atoms with Gasteiger partial charge in [0.05, 0.1) is 5.69 Å². The molecule has 1 aromatic carbocycles. The summed E-state index contributed by atoms with van der Waals surface area (Å²) in [5, 5.41) is 3.14. The van der Waals surface area contributed by atoms with Crippen LogP contribution in [-0.4, -0.2) is 24.8 Å². The van der Waals surface area contributed by atoms with Crippen molar-refractivity contribution in [1.82, 2.24) is 5.32 Å². The molecule has 21 heavy (non-hydrogen) atoms. The average Bonchev–Trinajstić information content (AvgIpc) is 2.32. The first-order valence-corrected chi connectivity index (χ1v) is 6.95. The summed E-state index contributed by atoms with van der Waals surface area (Å²) in [6.07, 6.45) is -4.37. The highest BCUT2D eigenvalue weighted by molar-refractivity contribution is 5.50. The maximum atomic E-state index is 14.1. The summed E-state index contributed by atoms with van der Waals surface area (Å²) in [4.78, 5) is 1.02. The van der Waals surface area contributed by atoms with E-state index < -0.39 is 24.6 Å². The number of benzene rings is 1. The second-order valence-corrected chi connectivity index (χ2v) is 5.66. The van der Waals surface area contributed by atoms with Gasteiger partial charge >= 0.3 is 6.18 Å². The number of alkyl halides is 3. The SMILES string of the molecule is CC(C)NCc1ccc(N(CC(F)(F)F)C(C)C)c(F)c1. The lowest BCUT2D eigenvalue weighted by Gasteiger charge is -2.30. The largest absolute Gasteiger partial charge is 0.405 e. The molecule has 0 atom stereocenters. The number of nitrogens with one attached hydrogen (secondary N) is 1. The summed E-state index contributed by atoms with van der Waals surface area (Å²) in [5.74, 6) is -0.629. The maximum Gasteiger partial charge on any atom is 0.405 e. The van der Waals surface area contributed by atoms with Crippen molar-refractivity contribution >= 4 is 5.69 Å². The third-order valence-corrected chi connectivity index (χ3v) is 3.01. The highest BCUT2D eigenvalue weighted by Gasteiger charge is 2.32. The molecule has 1 rings (SSSR count). The van der Waals surface area contributed by atoms with Crippen LogP contribution in [0.4, 0.5) is 23.2 Å². The van der Waals surface area contributed by atoms with Crippen LogP contribution in [0.25, 0.3) is 0 Å². The second kappa shape index (κ2) is 7.11. The zero-order chi connectivity index (χ0) is 16.2. The molecule has 0 unspecified atom stereocenters. The maximum absolute atomic E-state index is 14.1. The number of anilines is 1. The van der Waals surface area contributed by atoms with Crippen molar-refractivity contribution in [2.75, 3.05) is 11.4 Å². The van der Waals surface area contributed by atoms with E-state index in [4.69, 9.17) is 0 Å². The molecule has 0 aliphatic carbocycles. The fourth-order valence-corrected chi connectivity index (χ4v) is 1.95. The van der Waals surface area contributed by atoms with Crippen molar-refractivity contribution in [1.29, 1.82) is 0 Å². The molecule has 0 aliphatic heterocycles. The summed E-state index contributed by atoms with van der Waals surface area (Å²) >= 11 is 0. The number of rotatable bonds is 6. The number of hydrogen-bond donors (Lipinski definition) is 1. The molecule has 2 nitrogen and oxygen atoms in total. The quantitative estimate of drug-likeness (QED) is 0.796. The first kappa shape index (κ1) is 17.8. The molecule has 0 radical (unpaired) electrons. The molecule has 120 valence electrons. The number of halogens is 4. The molecule has 0 spiro atoms. The van der Waals surface area contributed by atoms with Gasteiger partial charge in [0.1, 0.15) is 12.4 Å². The summed E-state index contributed by atoms with van der Waals surface area (Å²) in [7, 11) is 0. The van der Waals surface area contributed by atoms with Crippen molar-refractivity contribution in [3.8, 4) is 0 Å². The fraction of sp³-hybridized carbons (Fsp3) is 0.600. The zero-order valence-corrected chi connectivity index (χ0v) is 12.8. The fourth-order valence-electron chi connectivity index (χ4n) is 1.95. The van der Waals surface area contributed by atoms with Gasteiger partial charge in [0, 0.05) is 18.6 Å². The summed E-state index contributed by atoms with van der Waals surface area (Å²) in [6, 6.07) is 4.17. The highest BCUT2D eigenvalue weighted by atomic mass is 19.4. The van der Waals surface area contributed by atoms with Crippen LogP contribution in [0.3, 0.4) is 0 Å². The van der Waals surface area contributed by atoms with Crippen LogP contribution < -0.4 is 10.2 Å². The van der Waals surface area contributed by atoms with Crippen molar-refractivity contribution in [2.45, 2.75) is 52.5 Å². The monoisotopic (exact) mass is 306 g/mol. The van der Waals surface area contributed by atoms with Gasteiger partial charge in [-0.25, -0.2) is 4.39 Å². The summed E-state index contributed by atoms with van der Waals surface area (Å²) in [5.41, 5.74) is 0.691. The van der Waals surface area contributed by atoms with Gasteiger partial charge in [0.25, 0.3) is 0 Å². The van der Waals surface area contributed by atoms with Crippen LogP contribution >= 0.6 is 0 Å². The Hall–Kier alpha value is -1.30. The lowest BCUT2D eigenvalue weighted by molar-refractivity contribution is -0.120. The molecule has 0 aliphatic rings. The third-order valence-electron chi connectivity index (χ3n) is 3.01. The van der Waals surface area contributed by atoms with Gasteiger partial charge in [-0.05, 0) is 31.5 Å². The second-order valence-electron chi connectivity index (χ2n) is 5.66. The topological polar surface area (TPSA) is 15.3 Å². The molecule has 0 bridgehead atoms. The zero-order valence-electron chi connectivity index (χ0n) is 12.8. The van der Waals surface area contributed by atoms with E-state index in [2.05, 4.69) is 5.32 Å². The van der Waals surface area contributed by atoms with Crippen LogP contribution in [0.1, 0.15) is 33.3 Å². The van der Waals surface area contributed by atoms with Crippen LogP contribution in [0.15, 0.2) is 18.2 Å². The number of hydrogen-bond acceptors (Lipinski definition) is 2. The van der Waals surface area contributed by atoms with E-state index in [1.54, 1.807) is 19.9 Å². The molecule has 0 heterocycles. The lowest BCUT2D eigenvalue weighted by atomic mass is 10.1. The highest BCUT2D eigenvalue weighted by Crippen LogP contribution is 2.27. The lowest BCUT2D eigenvalue weighted by Crippen LogP contribution is -2.39. The Morgan fingerprint density at radius 1 is 1.14 bits per heavy atom. The predicted molar refractivity (Wildman–Crippen MR) is 76.9 cm³/mol. The standard InChI is InChI=1S/C15H22F4N2/c1-10(2)20-8-12-5-6-14(13(16)7-12)21(11(3)4)9-15(17,18)19/h5-7,10-11,20H,8-9H2,1-4H3. The van der Waals surface area contributed by atoms with Gasteiger partial charge in [-0.2, -0.15) is 13.2 Å². The average molecular weight is 306 g/mol. The molecule has 0 saturated heterocycles. The Balaban J connectivity index is 2.95. The normalized spacial score (nSPS) is 12.3. The Labute approximate surface area is 123 Å². The minimum atomic E-state index is -4.37. The molecule has 0 saturated carbocycles. The summed E-state index contributed by atoms with van der Waals surface area (Å²) < 4.78 is 51.9. The molecule has 0 fully saturated rings. The van der Waals surface area contributed by atoms with Crippen molar-refractivity contribution in [2.24, 2.45) is 0 Å². The first-order chi connectivity index (χ1) is 9.60. The minimum absolute atomic E-state index is 0.0179. The van der Waals surface area contributed by atoms with E-state index >= 15 is 0 Å². The van der Waals surface area contributed by atoms with Crippen LogP contribution in [-0.2, 0) is 6.54 Å². The summed E-state index contributed by atoms with van der Waals surface area (Å²) in [6.45, 7) is 6.48.